The minimum Gasteiger partial charge on any atom is -0.341 e. The lowest BCUT2D eigenvalue weighted by Gasteiger charge is -2.07. The molecule has 0 spiro atoms. The fraction of sp³-hybridized carbons (Fsp3) is 0.208. The molecule has 0 aliphatic carbocycles. The van der Waals surface area contributed by atoms with Crippen LogP contribution in [0.4, 0.5) is 11.5 Å². The molecule has 0 aliphatic heterocycles. The van der Waals surface area contributed by atoms with Gasteiger partial charge in [0.25, 0.3) is 0 Å². The molecule has 0 atom stereocenters. The number of nitrogens with zero attached hydrogens (tertiary/aromatic N) is 2. The van der Waals surface area contributed by atoms with Crippen molar-refractivity contribution in [2.24, 2.45) is 0 Å². The number of rotatable bonds is 7. The molecular weight excluding hydrogens is 376 g/mol. The van der Waals surface area contributed by atoms with Gasteiger partial charge in [0.2, 0.25) is 11.8 Å². The Labute approximate surface area is 174 Å². The zero-order valence-electron chi connectivity index (χ0n) is 16.9. The molecule has 0 saturated heterocycles. The minimum atomic E-state index is -0.143. The van der Waals surface area contributed by atoms with Crippen LogP contribution in [0.2, 0.25) is 0 Å². The molecule has 4 rings (SSSR count). The molecule has 2 aromatic carbocycles. The van der Waals surface area contributed by atoms with Crippen molar-refractivity contribution >= 4 is 45.1 Å². The molecule has 0 radical (unpaired) electrons. The molecule has 6 nitrogen and oxygen atoms in total. The van der Waals surface area contributed by atoms with Crippen molar-refractivity contribution in [2.75, 3.05) is 10.6 Å². The number of pyridine rings is 1. The number of anilines is 2. The number of benzene rings is 2. The summed E-state index contributed by atoms with van der Waals surface area (Å²) in [5.74, 6) is 0.279. The number of nitrogens with one attached hydrogen (secondary N) is 2. The molecule has 2 heterocycles. The van der Waals surface area contributed by atoms with E-state index in [9.17, 15) is 9.59 Å². The summed E-state index contributed by atoms with van der Waals surface area (Å²) in [6.07, 6.45) is 2.65. The Bertz CT molecular complexity index is 1200. The number of hydrogen-bond donors (Lipinski definition) is 2. The smallest absolute Gasteiger partial charge is 0.225 e. The molecular formula is C24H24N4O2. The van der Waals surface area contributed by atoms with Crippen LogP contribution in [0.1, 0.15) is 26.2 Å². The molecule has 2 amide bonds. The first-order chi connectivity index (χ1) is 14.7. The summed E-state index contributed by atoms with van der Waals surface area (Å²) in [6.45, 7) is 3.02. The predicted molar refractivity (Wildman–Crippen MR) is 120 cm³/mol. The number of aromatic nitrogens is 2. The molecule has 2 N–H and O–H groups in total. The molecule has 0 aliphatic rings. The number of carbonyl (C=O) groups is 2. The van der Waals surface area contributed by atoms with Gasteiger partial charge in [-0.1, -0.05) is 24.3 Å². The fourth-order valence-electron chi connectivity index (χ4n) is 3.75. The molecule has 0 unspecified atom stereocenters. The molecule has 2 aromatic heterocycles. The van der Waals surface area contributed by atoms with Crippen molar-refractivity contribution < 1.29 is 9.59 Å². The Kier molecular flexibility index (Phi) is 5.75. The van der Waals surface area contributed by atoms with Crippen molar-refractivity contribution in [1.29, 1.82) is 0 Å². The van der Waals surface area contributed by atoms with Gasteiger partial charge in [-0.15, -0.1) is 0 Å². The van der Waals surface area contributed by atoms with E-state index in [1.54, 1.807) is 18.3 Å². The molecule has 0 saturated carbocycles. The van der Waals surface area contributed by atoms with Gasteiger partial charge in [0, 0.05) is 53.1 Å². The average molecular weight is 400 g/mol. The Morgan fingerprint density at radius 3 is 2.37 bits per heavy atom. The quantitative estimate of drug-likeness (QED) is 0.460. The summed E-state index contributed by atoms with van der Waals surface area (Å²) in [7, 11) is 0. The first kappa shape index (κ1) is 19.6. The lowest BCUT2D eigenvalue weighted by Crippen LogP contribution is -2.15. The number of fused-ring (bicyclic) bond motifs is 3. The van der Waals surface area contributed by atoms with Crippen molar-refractivity contribution in [3.63, 3.8) is 0 Å². The molecule has 4 aromatic rings. The predicted octanol–water partition coefficient (Wildman–Crippen LogP) is 4.96. The minimum absolute atomic E-state index is 0.0979. The lowest BCUT2D eigenvalue weighted by atomic mass is 10.1. The second-order valence-corrected chi connectivity index (χ2v) is 7.16. The maximum Gasteiger partial charge on any atom is 0.225 e. The molecule has 0 bridgehead atoms. The average Bonchev–Trinajstić information content (AvgIpc) is 3.07. The lowest BCUT2D eigenvalue weighted by molar-refractivity contribution is -0.117. The highest BCUT2D eigenvalue weighted by molar-refractivity contribution is 6.09. The van der Waals surface area contributed by atoms with E-state index in [1.165, 1.54) is 10.9 Å². The third-order valence-electron chi connectivity index (χ3n) is 5.11. The standard InChI is InChI=1S/C24H24N4O2/c1-2-28-20-9-4-3-8-18(20)19-16-17(13-14-21(19)28)26-23(29)11-7-12-24(30)27-22-10-5-6-15-25-22/h3-6,8-10,13-16H,2,7,11-12H2,1H3,(H,26,29)(H,25,27,30). The van der Waals surface area contributed by atoms with E-state index in [-0.39, 0.29) is 24.7 Å². The van der Waals surface area contributed by atoms with Crippen LogP contribution in [0.5, 0.6) is 0 Å². The summed E-state index contributed by atoms with van der Waals surface area (Å²) in [4.78, 5) is 28.4. The summed E-state index contributed by atoms with van der Waals surface area (Å²) in [5, 5.41) is 7.99. The van der Waals surface area contributed by atoms with Crippen LogP contribution >= 0.6 is 0 Å². The summed E-state index contributed by atoms with van der Waals surface area (Å²) < 4.78 is 2.27. The normalized spacial score (nSPS) is 11.0. The number of amides is 2. The van der Waals surface area contributed by atoms with Crippen LogP contribution in [0.15, 0.2) is 66.9 Å². The van der Waals surface area contributed by atoms with Crippen LogP contribution in [0, 0.1) is 0 Å². The van der Waals surface area contributed by atoms with Gasteiger partial charge >= 0.3 is 0 Å². The van der Waals surface area contributed by atoms with E-state index in [0.717, 1.165) is 23.1 Å². The van der Waals surface area contributed by atoms with Gasteiger partial charge in [0.05, 0.1) is 0 Å². The van der Waals surface area contributed by atoms with Crippen LogP contribution in [0.3, 0.4) is 0 Å². The molecule has 30 heavy (non-hydrogen) atoms. The highest BCUT2D eigenvalue weighted by Gasteiger charge is 2.11. The SMILES string of the molecule is CCn1c2ccccc2c2cc(NC(=O)CCCC(=O)Nc3ccccn3)ccc21. The van der Waals surface area contributed by atoms with E-state index in [2.05, 4.69) is 45.3 Å². The van der Waals surface area contributed by atoms with Crippen molar-refractivity contribution in [3.8, 4) is 0 Å². The third kappa shape index (κ3) is 4.17. The Balaban J connectivity index is 1.37. The van der Waals surface area contributed by atoms with Crippen LogP contribution in [-0.4, -0.2) is 21.4 Å². The summed E-state index contributed by atoms with van der Waals surface area (Å²) >= 11 is 0. The fourth-order valence-corrected chi connectivity index (χ4v) is 3.75. The maximum atomic E-state index is 12.4. The number of hydrogen-bond acceptors (Lipinski definition) is 3. The van der Waals surface area contributed by atoms with Crippen LogP contribution < -0.4 is 10.6 Å². The van der Waals surface area contributed by atoms with E-state index in [1.807, 2.05) is 30.3 Å². The van der Waals surface area contributed by atoms with E-state index in [0.29, 0.717) is 12.2 Å². The van der Waals surface area contributed by atoms with E-state index in [4.69, 9.17) is 0 Å². The second-order valence-electron chi connectivity index (χ2n) is 7.16. The van der Waals surface area contributed by atoms with Gasteiger partial charge in [0.15, 0.2) is 0 Å². The molecule has 6 heteroatoms. The molecule has 0 fully saturated rings. The van der Waals surface area contributed by atoms with Crippen LogP contribution in [0.25, 0.3) is 21.8 Å². The van der Waals surface area contributed by atoms with Gasteiger partial charge in [-0.2, -0.15) is 0 Å². The Morgan fingerprint density at radius 2 is 1.60 bits per heavy atom. The van der Waals surface area contributed by atoms with Crippen molar-refractivity contribution in [1.82, 2.24) is 9.55 Å². The highest BCUT2D eigenvalue weighted by atomic mass is 16.2. The largest absolute Gasteiger partial charge is 0.341 e. The zero-order valence-corrected chi connectivity index (χ0v) is 16.9. The first-order valence-corrected chi connectivity index (χ1v) is 10.2. The van der Waals surface area contributed by atoms with Crippen molar-refractivity contribution in [3.05, 3.63) is 66.9 Å². The van der Waals surface area contributed by atoms with Gasteiger partial charge in [-0.25, -0.2) is 4.98 Å². The second kappa shape index (κ2) is 8.78. The first-order valence-electron chi connectivity index (χ1n) is 10.2. The third-order valence-corrected chi connectivity index (χ3v) is 5.11. The monoisotopic (exact) mass is 400 g/mol. The van der Waals surface area contributed by atoms with E-state index >= 15 is 0 Å². The van der Waals surface area contributed by atoms with Crippen molar-refractivity contribution in [2.45, 2.75) is 32.7 Å². The van der Waals surface area contributed by atoms with Gasteiger partial charge in [-0.05, 0) is 49.7 Å². The maximum absolute atomic E-state index is 12.4. The Hall–Kier alpha value is -3.67. The summed E-state index contributed by atoms with van der Waals surface area (Å²) in [6, 6.07) is 19.6. The zero-order chi connectivity index (χ0) is 20.9. The topological polar surface area (TPSA) is 76.0 Å². The number of carbonyl (C=O) groups excluding carboxylic acids is 2. The van der Waals surface area contributed by atoms with Gasteiger partial charge in [0.1, 0.15) is 5.82 Å². The summed E-state index contributed by atoms with van der Waals surface area (Å²) in [5.41, 5.74) is 3.12. The van der Waals surface area contributed by atoms with Gasteiger partial charge in [-0.3, -0.25) is 9.59 Å². The number of aryl methyl sites for hydroxylation is 1. The number of para-hydroxylation sites is 1. The van der Waals surface area contributed by atoms with E-state index < -0.39 is 0 Å². The highest BCUT2D eigenvalue weighted by Crippen LogP contribution is 2.31. The van der Waals surface area contributed by atoms with Gasteiger partial charge < -0.3 is 15.2 Å². The van der Waals surface area contributed by atoms with Crippen LogP contribution in [-0.2, 0) is 16.1 Å². The molecule has 152 valence electrons. The Morgan fingerprint density at radius 1 is 0.867 bits per heavy atom.